The van der Waals surface area contributed by atoms with E-state index < -0.39 is 29.3 Å². The van der Waals surface area contributed by atoms with E-state index in [4.69, 9.17) is 21.1 Å². The summed E-state index contributed by atoms with van der Waals surface area (Å²) < 4.78 is 41.0. The summed E-state index contributed by atoms with van der Waals surface area (Å²) in [7, 11) is 0. The van der Waals surface area contributed by atoms with Crippen LogP contribution in [0.5, 0.6) is 11.5 Å². The van der Waals surface area contributed by atoms with E-state index in [-0.39, 0.29) is 17.3 Å². The summed E-state index contributed by atoms with van der Waals surface area (Å²) >= 11 is 6.15. The number of carbonyl (C=O) groups is 1. The maximum Gasteiger partial charge on any atom is 0.421 e. The quantitative estimate of drug-likeness (QED) is 0.129. The van der Waals surface area contributed by atoms with Crippen molar-refractivity contribution in [1.29, 1.82) is 0 Å². The van der Waals surface area contributed by atoms with Crippen molar-refractivity contribution < 1.29 is 23.0 Å². The second-order valence-corrected chi connectivity index (χ2v) is 11.9. The Morgan fingerprint density at radius 2 is 1.74 bits per heavy atom. The first-order valence-corrected chi connectivity index (χ1v) is 15.8. The standard InChI is InChI=1S/C35H38ClF2N5O3/c1-23-19-24(2)33(25(3)20-23)46-35(44)43(22-28-29(37)11-12-30(38)32(28)36)31-13-14-39-34(41-31)40-26-9-7-10-27(21-26)45-18-8-17-42-15-5-4-6-16-42/h7,9-14,19-21H,4-6,8,15-18,22H2,1-3H3,(H,39,40,41). The first-order chi connectivity index (χ1) is 22.2. The van der Waals surface area contributed by atoms with E-state index in [1.54, 1.807) is 0 Å². The Balaban J connectivity index is 1.34. The first-order valence-electron chi connectivity index (χ1n) is 15.4. The summed E-state index contributed by atoms with van der Waals surface area (Å²) in [5.74, 6) is -0.250. The average Bonchev–Trinajstić information content (AvgIpc) is 3.04. The van der Waals surface area contributed by atoms with Crippen LogP contribution in [0.1, 0.15) is 47.9 Å². The van der Waals surface area contributed by atoms with Gasteiger partial charge in [-0.3, -0.25) is 4.90 Å². The summed E-state index contributed by atoms with van der Waals surface area (Å²) in [6.07, 6.45) is 5.38. The molecule has 1 aliphatic heterocycles. The minimum atomic E-state index is -0.848. The van der Waals surface area contributed by atoms with E-state index in [2.05, 4.69) is 20.2 Å². The van der Waals surface area contributed by atoms with Crippen molar-refractivity contribution in [1.82, 2.24) is 14.9 Å². The van der Waals surface area contributed by atoms with Crippen LogP contribution in [-0.2, 0) is 6.54 Å². The smallest absolute Gasteiger partial charge is 0.421 e. The van der Waals surface area contributed by atoms with E-state index in [1.807, 2.05) is 57.2 Å². The van der Waals surface area contributed by atoms with Crippen LogP contribution in [0, 0.1) is 32.4 Å². The van der Waals surface area contributed by atoms with E-state index in [1.165, 1.54) is 31.5 Å². The van der Waals surface area contributed by atoms with Crippen LogP contribution >= 0.6 is 11.6 Å². The van der Waals surface area contributed by atoms with Gasteiger partial charge in [-0.15, -0.1) is 0 Å². The van der Waals surface area contributed by atoms with Crippen LogP contribution in [0.4, 0.5) is 31.0 Å². The summed E-state index contributed by atoms with van der Waals surface area (Å²) in [5.41, 5.74) is 2.97. The zero-order valence-corrected chi connectivity index (χ0v) is 27.0. The van der Waals surface area contributed by atoms with E-state index in [9.17, 15) is 13.6 Å². The monoisotopic (exact) mass is 649 g/mol. The third-order valence-corrected chi connectivity index (χ3v) is 8.22. The Bertz CT molecular complexity index is 1660. The molecule has 8 nitrogen and oxygen atoms in total. The number of likely N-dealkylation sites (tertiary alicyclic amines) is 1. The van der Waals surface area contributed by atoms with Crippen LogP contribution in [0.15, 0.2) is 60.8 Å². The normalized spacial score (nSPS) is 13.3. The van der Waals surface area contributed by atoms with Gasteiger partial charge in [-0.05, 0) is 94.6 Å². The number of anilines is 3. The lowest BCUT2D eigenvalue weighted by atomic mass is 10.1. The third kappa shape index (κ3) is 8.50. The van der Waals surface area contributed by atoms with Crippen molar-refractivity contribution in [2.24, 2.45) is 0 Å². The lowest BCUT2D eigenvalue weighted by Crippen LogP contribution is -2.34. The number of ether oxygens (including phenoxy) is 2. The number of hydrogen-bond acceptors (Lipinski definition) is 7. The highest BCUT2D eigenvalue weighted by atomic mass is 35.5. The molecule has 46 heavy (non-hydrogen) atoms. The SMILES string of the molecule is Cc1cc(C)c(OC(=O)N(Cc2c(F)ccc(F)c2Cl)c2ccnc(Nc3cccc(OCCCN4CCCCC4)c3)n2)c(C)c1. The number of benzene rings is 3. The van der Waals surface area contributed by atoms with Gasteiger partial charge >= 0.3 is 6.09 Å². The minimum Gasteiger partial charge on any atom is -0.493 e. The van der Waals surface area contributed by atoms with Gasteiger partial charge in [-0.25, -0.2) is 18.6 Å². The van der Waals surface area contributed by atoms with Gasteiger partial charge in [-0.2, -0.15) is 4.98 Å². The van der Waals surface area contributed by atoms with Crippen LogP contribution in [0.3, 0.4) is 0 Å². The number of halogens is 3. The molecule has 3 aromatic carbocycles. The molecule has 11 heteroatoms. The topological polar surface area (TPSA) is 79.8 Å². The highest BCUT2D eigenvalue weighted by Crippen LogP contribution is 2.30. The molecule has 1 aromatic heterocycles. The first kappa shape index (κ1) is 33.1. The molecule has 5 rings (SSSR count). The van der Waals surface area contributed by atoms with Gasteiger partial charge in [0.15, 0.2) is 0 Å². The van der Waals surface area contributed by atoms with Gasteiger partial charge in [0, 0.05) is 30.1 Å². The number of hydrogen-bond donors (Lipinski definition) is 1. The zero-order chi connectivity index (χ0) is 32.6. The third-order valence-electron chi connectivity index (χ3n) is 7.81. The second kappa shape index (κ2) is 15.3. The lowest BCUT2D eigenvalue weighted by molar-refractivity contribution is 0.205. The molecular weight excluding hydrogens is 612 g/mol. The molecular formula is C35H38ClF2N5O3. The zero-order valence-electron chi connectivity index (χ0n) is 26.3. The summed E-state index contributed by atoms with van der Waals surface area (Å²) in [5, 5.41) is 2.71. The van der Waals surface area contributed by atoms with Crippen molar-refractivity contribution >= 4 is 35.1 Å². The van der Waals surface area contributed by atoms with Crippen molar-refractivity contribution in [3.63, 3.8) is 0 Å². The molecule has 2 heterocycles. The van der Waals surface area contributed by atoms with Gasteiger partial charge in [0.05, 0.1) is 18.2 Å². The number of aromatic nitrogens is 2. The minimum absolute atomic E-state index is 0.0924. The molecule has 242 valence electrons. The highest BCUT2D eigenvalue weighted by Gasteiger charge is 2.26. The Morgan fingerprint density at radius 3 is 2.50 bits per heavy atom. The molecule has 1 amide bonds. The van der Waals surface area contributed by atoms with Crippen LogP contribution in [-0.4, -0.2) is 47.2 Å². The maximum absolute atomic E-state index is 14.9. The second-order valence-electron chi connectivity index (χ2n) is 11.5. The summed E-state index contributed by atoms with van der Waals surface area (Å²) in [6, 6.07) is 14.6. The fraction of sp³-hybridized carbons (Fsp3) is 0.343. The molecule has 1 N–H and O–H groups in total. The predicted molar refractivity (Wildman–Crippen MR) is 176 cm³/mol. The molecule has 0 radical (unpaired) electrons. The molecule has 0 spiro atoms. The lowest BCUT2D eigenvalue weighted by Gasteiger charge is -2.26. The summed E-state index contributed by atoms with van der Waals surface area (Å²) in [6.45, 7) is 9.09. The molecule has 1 saturated heterocycles. The Labute approximate surface area is 273 Å². The van der Waals surface area contributed by atoms with Crippen molar-refractivity contribution in [2.45, 2.75) is 53.0 Å². The van der Waals surface area contributed by atoms with Crippen molar-refractivity contribution in [2.75, 3.05) is 36.5 Å². The Morgan fingerprint density at radius 1 is 1.00 bits per heavy atom. The van der Waals surface area contributed by atoms with E-state index in [0.29, 0.717) is 23.8 Å². The molecule has 0 atom stereocenters. The maximum atomic E-state index is 14.9. The highest BCUT2D eigenvalue weighted by molar-refractivity contribution is 6.31. The number of nitrogens with zero attached hydrogens (tertiary/aromatic N) is 4. The fourth-order valence-corrected chi connectivity index (χ4v) is 5.81. The van der Waals surface area contributed by atoms with Gasteiger partial charge in [-0.1, -0.05) is 41.8 Å². The number of piperidine rings is 1. The Kier molecular flexibility index (Phi) is 11.0. The molecule has 0 bridgehead atoms. The van der Waals surface area contributed by atoms with E-state index >= 15 is 0 Å². The summed E-state index contributed by atoms with van der Waals surface area (Å²) in [4.78, 5) is 26.1. The van der Waals surface area contributed by atoms with Gasteiger partial charge < -0.3 is 19.7 Å². The van der Waals surface area contributed by atoms with Crippen LogP contribution < -0.4 is 19.7 Å². The number of rotatable bonds is 11. The molecule has 0 unspecified atom stereocenters. The Hall–Kier alpha value is -4.28. The van der Waals surface area contributed by atoms with Crippen LogP contribution in [0.25, 0.3) is 0 Å². The average molecular weight is 650 g/mol. The van der Waals surface area contributed by atoms with Crippen molar-refractivity contribution in [3.8, 4) is 11.5 Å². The van der Waals surface area contributed by atoms with Gasteiger partial charge in [0.25, 0.3) is 0 Å². The number of aryl methyl sites for hydroxylation is 3. The number of nitrogens with one attached hydrogen (secondary N) is 1. The largest absolute Gasteiger partial charge is 0.493 e. The molecule has 0 saturated carbocycles. The molecule has 1 aliphatic rings. The molecule has 1 fully saturated rings. The fourth-order valence-electron chi connectivity index (χ4n) is 5.60. The molecule has 4 aromatic rings. The van der Waals surface area contributed by atoms with Crippen molar-refractivity contribution in [3.05, 3.63) is 99.7 Å². The number of amides is 1. The molecule has 0 aliphatic carbocycles. The van der Waals surface area contributed by atoms with Crippen LogP contribution in [0.2, 0.25) is 5.02 Å². The predicted octanol–water partition coefficient (Wildman–Crippen LogP) is 8.54. The van der Waals surface area contributed by atoms with E-state index in [0.717, 1.165) is 59.8 Å². The van der Waals surface area contributed by atoms with Gasteiger partial charge in [0.1, 0.15) is 29.0 Å². The van der Waals surface area contributed by atoms with Gasteiger partial charge in [0.2, 0.25) is 5.95 Å². The number of carbonyl (C=O) groups excluding carboxylic acids is 1.